The molecule has 1 saturated heterocycles. The third-order valence-corrected chi connectivity index (χ3v) is 9.33. The maximum absolute atomic E-state index is 14.4. The molecule has 2 aromatic carbocycles. The molecule has 1 aromatic heterocycles. The number of primary amides is 1. The van der Waals surface area contributed by atoms with Gasteiger partial charge in [0.1, 0.15) is 5.82 Å². The molecule has 6 rings (SSSR count). The highest BCUT2D eigenvalue weighted by Crippen LogP contribution is 2.43. The number of nitrogens with zero attached hydrogens (tertiary/aromatic N) is 3. The first kappa shape index (κ1) is 29.2. The third kappa shape index (κ3) is 5.85. The predicted octanol–water partition coefficient (Wildman–Crippen LogP) is 4.84. The highest BCUT2D eigenvalue weighted by atomic mass is 19.1. The molecule has 1 aliphatic carbocycles. The highest BCUT2D eigenvalue weighted by molar-refractivity contribution is 6.06. The van der Waals surface area contributed by atoms with Crippen molar-refractivity contribution >= 4 is 34.4 Å². The summed E-state index contributed by atoms with van der Waals surface area (Å²) < 4.78 is 16.0. The van der Waals surface area contributed by atoms with Gasteiger partial charge in [-0.05, 0) is 80.5 Å². The number of nitrogens with two attached hydrogens (primary N) is 1. The average Bonchev–Trinajstić information content (AvgIpc) is 3.26. The molecule has 43 heavy (non-hydrogen) atoms. The molecule has 0 unspecified atom stereocenters. The van der Waals surface area contributed by atoms with E-state index in [9.17, 15) is 18.8 Å². The molecule has 228 valence electrons. The van der Waals surface area contributed by atoms with Crippen LogP contribution in [0.2, 0.25) is 0 Å². The number of piperazine rings is 1. The molecule has 10 heteroatoms. The van der Waals surface area contributed by atoms with Gasteiger partial charge in [0.05, 0.1) is 11.1 Å². The van der Waals surface area contributed by atoms with Gasteiger partial charge in [-0.3, -0.25) is 14.2 Å². The number of aromatic nitrogens is 1. The summed E-state index contributed by atoms with van der Waals surface area (Å²) in [6, 6.07) is 10.4. The van der Waals surface area contributed by atoms with Crippen molar-refractivity contribution in [2.75, 3.05) is 38.5 Å². The van der Waals surface area contributed by atoms with E-state index in [4.69, 9.17) is 5.73 Å². The topological polar surface area (TPSA) is 113 Å². The summed E-state index contributed by atoms with van der Waals surface area (Å²) in [7, 11) is 2.07. The zero-order valence-corrected chi connectivity index (χ0v) is 25.2. The number of hydrogen-bond donors (Lipinski definition) is 3. The monoisotopic (exact) mass is 588 g/mol. The minimum Gasteiger partial charge on any atom is -0.382 e. The maximum Gasteiger partial charge on any atom is 0.317 e. The number of hydrogen-bond acceptors (Lipinski definition) is 5. The fraction of sp³-hybridized carbons (Fsp3) is 0.485. The van der Waals surface area contributed by atoms with Crippen molar-refractivity contribution in [2.24, 2.45) is 11.1 Å². The lowest BCUT2D eigenvalue weighted by Crippen LogP contribution is -2.53. The van der Waals surface area contributed by atoms with Crippen LogP contribution in [-0.2, 0) is 6.42 Å². The molecule has 0 spiro atoms. The van der Waals surface area contributed by atoms with Gasteiger partial charge in [-0.15, -0.1) is 0 Å². The Morgan fingerprint density at radius 2 is 1.65 bits per heavy atom. The second-order valence-electron chi connectivity index (χ2n) is 13.3. The smallest absolute Gasteiger partial charge is 0.317 e. The van der Waals surface area contributed by atoms with E-state index in [1.54, 1.807) is 16.7 Å². The summed E-state index contributed by atoms with van der Waals surface area (Å²) in [5, 5.41) is 7.59. The van der Waals surface area contributed by atoms with Crippen LogP contribution in [-0.4, -0.2) is 77.5 Å². The fourth-order valence-corrected chi connectivity index (χ4v) is 7.00. The van der Waals surface area contributed by atoms with E-state index in [0.29, 0.717) is 29.6 Å². The number of likely N-dealkylation sites (N-methyl/N-ethyl adjacent to an activating group) is 1. The van der Waals surface area contributed by atoms with E-state index < -0.39 is 11.7 Å². The van der Waals surface area contributed by atoms with Crippen molar-refractivity contribution < 1.29 is 18.8 Å². The number of halogens is 1. The summed E-state index contributed by atoms with van der Waals surface area (Å²) in [5.41, 5.74) is 9.75. The number of anilines is 1. The quantitative estimate of drug-likeness (QED) is 0.395. The Morgan fingerprint density at radius 3 is 2.35 bits per heavy atom. The van der Waals surface area contributed by atoms with Crippen LogP contribution in [0.4, 0.5) is 14.9 Å². The Hall–Kier alpha value is -3.92. The minimum atomic E-state index is -0.524. The van der Waals surface area contributed by atoms with Gasteiger partial charge in [0.2, 0.25) is 5.91 Å². The molecule has 9 nitrogen and oxygen atoms in total. The van der Waals surface area contributed by atoms with Crippen LogP contribution < -0.4 is 16.4 Å². The van der Waals surface area contributed by atoms with E-state index in [-0.39, 0.29) is 29.4 Å². The van der Waals surface area contributed by atoms with Gasteiger partial charge >= 0.3 is 6.03 Å². The molecule has 0 bridgehead atoms. The van der Waals surface area contributed by atoms with Crippen molar-refractivity contribution in [3.05, 3.63) is 53.5 Å². The van der Waals surface area contributed by atoms with Crippen LogP contribution in [0.25, 0.3) is 22.0 Å². The SMILES string of the molecule is CN1CCN(C(=O)N[C@H]2CC[C@H](Nc3cc(-c4c5n(c6cc(F)ccc46)C(=O)CC(C)(C)C5)ccc3C(N)=O)CC2)CC1. The summed E-state index contributed by atoms with van der Waals surface area (Å²) in [6.45, 7) is 7.41. The number of urea groups is 1. The first-order valence-electron chi connectivity index (χ1n) is 15.3. The number of benzene rings is 2. The maximum atomic E-state index is 14.4. The molecule has 3 amide bonds. The second-order valence-corrected chi connectivity index (χ2v) is 13.3. The Bertz CT molecular complexity index is 1580. The lowest BCUT2D eigenvalue weighted by Gasteiger charge is -2.35. The summed E-state index contributed by atoms with van der Waals surface area (Å²) >= 11 is 0. The molecule has 3 aliphatic rings. The first-order chi connectivity index (χ1) is 20.5. The zero-order chi connectivity index (χ0) is 30.5. The standard InChI is InChI=1S/C33H41FN6O3/c1-33(2)18-28-30(25-11-5-21(34)17-27(25)40(28)29(41)19-33)20-4-10-24(31(35)42)26(16-20)36-22-6-8-23(9-7-22)37-32(43)39-14-12-38(3)13-15-39/h4-5,10-11,16-17,22-23,36H,6-9,12-15,18-19H2,1-3H3,(H2,35,42)(H,37,43)/t22-,23-. The van der Waals surface area contributed by atoms with Gasteiger partial charge in [-0.1, -0.05) is 19.9 Å². The van der Waals surface area contributed by atoms with Gasteiger partial charge in [0.25, 0.3) is 5.91 Å². The van der Waals surface area contributed by atoms with Crippen LogP contribution in [0.5, 0.6) is 0 Å². The summed E-state index contributed by atoms with van der Waals surface area (Å²) in [4.78, 5) is 42.6. The van der Waals surface area contributed by atoms with Crippen molar-refractivity contribution in [1.29, 1.82) is 0 Å². The van der Waals surface area contributed by atoms with E-state index in [1.807, 2.05) is 17.0 Å². The Labute approximate surface area is 251 Å². The third-order valence-electron chi connectivity index (χ3n) is 9.33. The Morgan fingerprint density at radius 1 is 0.953 bits per heavy atom. The largest absolute Gasteiger partial charge is 0.382 e. The van der Waals surface area contributed by atoms with Crippen LogP contribution in [0, 0.1) is 11.2 Å². The van der Waals surface area contributed by atoms with Crippen molar-refractivity contribution in [3.63, 3.8) is 0 Å². The van der Waals surface area contributed by atoms with E-state index >= 15 is 0 Å². The minimum absolute atomic E-state index is 0.0119. The number of fused-ring (bicyclic) bond motifs is 3. The van der Waals surface area contributed by atoms with E-state index in [1.165, 1.54) is 12.1 Å². The van der Waals surface area contributed by atoms with Crippen molar-refractivity contribution in [2.45, 2.75) is 64.5 Å². The Kier molecular flexibility index (Phi) is 7.66. The van der Waals surface area contributed by atoms with Gasteiger partial charge in [-0.25, -0.2) is 9.18 Å². The van der Waals surface area contributed by atoms with Gasteiger partial charge in [0, 0.05) is 67.0 Å². The number of carbonyl (C=O) groups excluding carboxylic acids is 3. The number of carbonyl (C=O) groups is 3. The predicted molar refractivity (Wildman–Crippen MR) is 166 cm³/mol. The van der Waals surface area contributed by atoms with Gasteiger partial charge < -0.3 is 26.2 Å². The molecule has 2 fully saturated rings. The van der Waals surface area contributed by atoms with Crippen LogP contribution in [0.3, 0.4) is 0 Å². The average molecular weight is 589 g/mol. The van der Waals surface area contributed by atoms with Gasteiger partial charge in [0.15, 0.2) is 0 Å². The van der Waals surface area contributed by atoms with E-state index in [2.05, 4.69) is 36.4 Å². The normalized spacial score (nSPS) is 22.3. The lowest BCUT2D eigenvalue weighted by atomic mass is 9.80. The van der Waals surface area contributed by atoms with Crippen LogP contribution in [0.15, 0.2) is 36.4 Å². The molecule has 1 saturated carbocycles. The summed E-state index contributed by atoms with van der Waals surface area (Å²) in [6.07, 6.45) is 4.39. The Balaban J connectivity index is 1.24. The molecule has 0 radical (unpaired) electrons. The fourth-order valence-electron chi connectivity index (χ4n) is 7.00. The summed E-state index contributed by atoms with van der Waals surface area (Å²) in [5.74, 6) is -0.959. The zero-order valence-electron chi connectivity index (χ0n) is 25.2. The van der Waals surface area contributed by atoms with Gasteiger partial charge in [-0.2, -0.15) is 0 Å². The van der Waals surface area contributed by atoms with Crippen LogP contribution >= 0.6 is 0 Å². The second kappa shape index (κ2) is 11.3. The highest BCUT2D eigenvalue weighted by Gasteiger charge is 2.35. The molecular weight excluding hydrogens is 547 g/mol. The first-order valence-corrected chi connectivity index (χ1v) is 15.3. The number of rotatable bonds is 5. The van der Waals surface area contributed by atoms with E-state index in [0.717, 1.165) is 74.1 Å². The number of amides is 3. The lowest BCUT2D eigenvalue weighted by molar-refractivity contribution is 0.0816. The van der Waals surface area contributed by atoms with Crippen molar-refractivity contribution in [3.8, 4) is 11.1 Å². The molecule has 3 aromatic rings. The molecule has 4 N–H and O–H groups in total. The van der Waals surface area contributed by atoms with Crippen LogP contribution in [0.1, 0.15) is 66.8 Å². The van der Waals surface area contributed by atoms with Crippen molar-refractivity contribution in [1.82, 2.24) is 19.7 Å². The number of nitrogens with one attached hydrogen (secondary N) is 2. The molecular formula is C33H41FN6O3. The molecule has 3 heterocycles. The molecule has 2 aliphatic heterocycles. The molecule has 0 atom stereocenters.